The lowest BCUT2D eigenvalue weighted by Crippen LogP contribution is -2.35. The molecule has 0 aliphatic heterocycles. The zero-order valence-corrected chi connectivity index (χ0v) is 12.5. The maximum absolute atomic E-state index is 13.2. The summed E-state index contributed by atoms with van der Waals surface area (Å²) in [5, 5.41) is 7.92. The van der Waals surface area contributed by atoms with Crippen LogP contribution in [0.2, 0.25) is 0 Å². The van der Waals surface area contributed by atoms with Crippen molar-refractivity contribution in [2.24, 2.45) is 7.05 Å². The van der Waals surface area contributed by atoms with Gasteiger partial charge in [-0.1, -0.05) is 0 Å². The van der Waals surface area contributed by atoms with E-state index in [4.69, 9.17) is 0 Å². The van der Waals surface area contributed by atoms with Crippen molar-refractivity contribution in [1.29, 1.82) is 0 Å². The Morgan fingerprint density at radius 2 is 1.88 bits per heavy atom. The zero-order chi connectivity index (χ0) is 18.1. The number of urea groups is 1. The van der Waals surface area contributed by atoms with Crippen LogP contribution >= 0.6 is 0 Å². The third-order valence-electron chi connectivity index (χ3n) is 2.99. The molecule has 6 nitrogen and oxygen atoms in total. The van der Waals surface area contributed by atoms with Crippen molar-refractivity contribution in [3.05, 3.63) is 47.0 Å². The first-order valence-electron chi connectivity index (χ1n) is 6.57. The second kappa shape index (κ2) is 6.30. The Balaban J connectivity index is 2.10. The summed E-state index contributed by atoms with van der Waals surface area (Å²) in [7, 11) is 1.50. The lowest BCUT2D eigenvalue weighted by molar-refractivity contribution is -0.139. The van der Waals surface area contributed by atoms with Gasteiger partial charge in [-0.2, -0.15) is 18.3 Å². The molecule has 1 heterocycles. The van der Waals surface area contributed by atoms with Crippen molar-refractivity contribution >= 4 is 17.6 Å². The molecule has 0 fully saturated rings. The fourth-order valence-electron chi connectivity index (χ4n) is 1.97. The van der Waals surface area contributed by atoms with Gasteiger partial charge < -0.3 is 5.32 Å². The Morgan fingerprint density at radius 3 is 2.42 bits per heavy atom. The number of nitrogens with zero attached hydrogens (tertiary/aromatic N) is 2. The van der Waals surface area contributed by atoms with Gasteiger partial charge in [-0.05, 0) is 31.2 Å². The number of nitrogens with one attached hydrogen (secondary N) is 2. The Hall–Kier alpha value is -2.91. The van der Waals surface area contributed by atoms with Crippen molar-refractivity contribution in [2.45, 2.75) is 13.1 Å². The van der Waals surface area contributed by atoms with Crippen LogP contribution in [0.15, 0.2) is 24.3 Å². The van der Waals surface area contributed by atoms with Gasteiger partial charge in [0.1, 0.15) is 11.5 Å². The topological polar surface area (TPSA) is 76.0 Å². The number of carbonyl (C=O) groups excluding carboxylic acids is 2. The summed E-state index contributed by atoms with van der Waals surface area (Å²) < 4.78 is 52.3. The first-order chi connectivity index (χ1) is 11.1. The summed E-state index contributed by atoms with van der Waals surface area (Å²) in [5.74, 6) is -2.25. The van der Waals surface area contributed by atoms with Crippen LogP contribution < -0.4 is 10.6 Å². The fraction of sp³-hybridized carbons (Fsp3) is 0.214. The van der Waals surface area contributed by atoms with Crippen LogP contribution in [0.4, 0.5) is 28.0 Å². The van der Waals surface area contributed by atoms with Crippen LogP contribution in [0.1, 0.15) is 21.7 Å². The molecule has 10 heteroatoms. The Labute approximate surface area is 133 Å². The summed E-state index contributed by atoms with van der Waals surface area (Å²) in [6, 6.07) is 2.34. The molecule has 0 spiro atoms. The van der Waals surface area contributed by atoms with Gasteiger partial charge in [0, 0.05) is 12.7 Å². The van der Waals surface area contributed by atoms with E-state index in [-0.39, 0.29) is 11.4 Å². The normalized spacial score (nSPS) is 11.2. The molecular formula is C14H12F4N4O2. The smallest absolute Gasteiger partial charge is 0.308 e. The molecule has 0 atom stereocenters. The van der Waals surface area contributed by atoms with Crippen LogP contribution in [-0.2, 0) is 13.2 Å². The van der Waals surface area contributed by atoms with Crippen LogP contribution in [-0.4, -0.2) is 21.7 Å². The zero-order valence-electron chi connectivity index (χ0n) is 12.5. The number of alkyl halides is 3. The second-order valence-electron chi connectivity index (χ2n) is 4.90. The number of benzene rings is 1. The number of carbonyl (C=O) groups is 2. The van der Waals surface area contributed by atoms with Crippen molar-refractivity contribution in [3.8, 4) is 0 Å². The number of aryl methyl sites for hydroxylation is 2. The van der Waals surface area contributed by atoms with Crippen molar-refractivity contribution in [1.82, 2.24) is 15.1 Å². The van der Waals surface area contributed by atoms with Crippen molar-refractivity contribution < 1.29 is 27.2 Å². The minimum atomic E-state index is -4.90. The Kier molecular flexibility index (Phi) is 4.58. The molecular weight excluding hydrogens is 332 g/mol. The maximum Gasteiger partial charge on any atom is 0.419 e. The molecule has 1 aromatic carbocycles. The van der Waals surface area contributed by atoms with Gasteiger partial charge in [-0.25, -0.2) is 9.18 Å². The maximum atomic E-state index is 13.2. The number of halogens is 4. The van der Waals surface area contributed by atoms with Gasteiger partial charge in [-0.15, -0.1) is 0 Å². The lowest BCUT2D eigenvalue weighted by atomic mass is 10.2. The van der Waals surface area contributed by atoms with Crippen LogP contribution in [0.5, 0.6) is 0 Å². The summed E-state index contributed by atoms with van der Waals surface area (Å²) in [4.78, 5) is 23.6. The summed E-state index contributed by atoms with van der Waals surface area (Å²) in [5.41, 5.74) is -1.18. The van der Waals surface area contributed by atoms with E-state index in [1.807, 2.05) is 10.6 Å². The number of aromatic nitrogens is 2. The molecule has 0 saturated carbocycles. The highest BCUT2D eigenvalue weighted by Crippen LogP contribution is 2.32. The average Bonchev–Trinajstić information content (AvgIpc) is 2.78. The number of imide groups is 1. The molecule has 24 heavy (non-hydrogen) atoms. The monoisotopic (exact) mass is 344 g/mol. The van der Waals surface area contributed by atoms with Gasteiger partial charge in [-0.3, -0.25) is 14.8 Å². The number of rotatable bonds is 2. The fourth-order valence-corrected chi connectivity index (χ4v) is 1.97. The van der Waals surface area contributed by atoms with Gasteiger partial charge >= 0.3 is 12.2 Å². The lowest BCUT2D eigenvalue weighted by Gasteiger charge is -2.11. The molecule has 0 saturated heterocycles. The van der Waals surface area contributed by atoms with E-state index in [2.05, 4.69) is 5.10 Å². The number of amides is 3. The highest BCUT2D eigenvalue weighted by atomic mass is 19.4. The third-order valence-corrected chi connectivity index (χ3v) is 2.99. The molecule has 3 amide bonds. The molecule has 0 bridgehead atoms. The summed E-state index contributed by atoms with van der Waals surface area (Å²) in [6.07, 6.45) is -4.90. The Bertz CT molecular complexity index is 799. The van der Waals surface area contributed by atoms with E-state index < -0.39 is 29.5 Å². The molecule has 2 aromatic rings. The summed E-state index contributed by atoms with van der Waals surface area (Å²) in [6.45, 7) is 1.65. The predicted molar refractivity (Wildman–Crippen MR) is 75.8 cm³/mol. The van der Waals surface area contributed by atoms with E-state index in [1.54, 1.807) is 6.92 Å². The molecule has 2 rings (SSSR count). The third kappa shape index (κ3) is 3.89. The van der Waals surface area contributed by atoms with Gasteiger partial charge in [0.2, 0.25) is 0 Å². The quantitative estimate of drug-likeness (QED) is 0.823. The predicted octanol–water partition coefficient (Wildman–Crippen LogP) is 2.85. The molecule has 0 aliphatic rings. The molecule has 0 radical (unpaired) electrons. The van der Waals surface area contributed by atoms with Crippen LogP contribution in [0, 0.1) is 12.7 Å². The minimum absolute atomic E-state index is 0.0951. The number of anilines is 1. The van der Waals surface area contributed by atoms with Gasteiger partial charge in [0.15, 0.2) is 0 Å². The number of hydrogen-bond acceptors (Lipinski definition) is 3. The second-order valence-corrected chi connectivity index (χ2v) is 4.90. The SMILES string of the molecule is Cc1cc(C(=O)NC(=O)Nc2ccc(F)c(C(F)(F)F)c2)n(C)n1. The highest BCUT2D eigenvalue weighted by molar-refractivity contribution is 6.07. The highest BCUT2D eigenvalue weighted by Gasteiger charge is 2.34. The van der Waals surface area contributed by atoms with E-state index >= 15 is 0 Å². The molecule has 2 N–H and O–H groups in total. The first-order valence-corrected chi connectivity index (χ1v) is 6.57. The Morgan fingerprint density at radius 1 is 1.21 bits per heavy atom. The van der Waals surface area contributed by atoms with E-state index in [1.165, 1.54) is 17.8 Å². The molecule has 1 aromatic heterocycles. The van der Waals surface area contributed by atoms with Gasteiger partial charge in [0.05, 0.1) is 11.3 Å². The molecule has 128 valence electrons. The van der Waals surface area contributed by atoms with E-state index in [0.29, 0.717) is 17.8 Å². The van der Waals surface area contributed by atoms with Crippen LogP contribution in [0.25, 0.3) is 0 Å². The van der Waals surface area contributed by atoms with Crippen molar-refractivity contribution in [3.63, 3.8) is 0 Å². The van der Waals surface area contributed by atoms with Crippen molar-refractivity contribution in [2.75, 3.05) is 5.32 Å². The van der Waals surface area contributed by atoms with Gasteiger partial charge in [0.25, 0.3) is 5.91 Å². The standard InChI is InChI=1S/C14H12F4N4O2/c1-7-5-11(22(2)21-7)12(23)20-13(24)19-8-3-4-10(15)9(6-8)14(16,17)18/h3-6H,1-2H3,(H2,19,20,23,24). The van der Waals surface area contributed by atoms with E-state index in [0.717, 1.165) is 6.07 Å². The average molecular weight is 344 g/mol. The number of hydrogen-bond donors (Lipinski definition) is 2. The first kappa shape index (κ1) is 17.4. The largest absolute Gasteiger partial charge is 0.419 e. The van der Waals surface area contributed by atoms with Crippen LogP contribution in [0.3, 0.4) is 0 Å². The molecule has 0 aliphatic carbocycles. The molecule has 0 unspecified atom stereocenters. The minimum Gasteiger partial charge on any atom is -0.308 e. The van der Waals surface area contributed by atoms with E-state index in [9.17, 15) is 27.2 Å². The summed E-state index contributed by atoms with van der Waals surface area (Å²) >= 11 is 0.